The quantitative estimate of drug-likeness (QED) is 0.622. The smallest absolute Gasteiger partial charge is 0.370 e. The summed E-state index contributed by atoms with van der Waals surface area (Å²) >= 11 is 1.31. The standard InChI is InChI=1S/C13H10N2O4S/c1-18-9-3-2-4-10(7-9)20-12-8-14-6-5-11(12)13(16)19-15-17/h2-8H,1H3. The first-order valence-corrected chi connectivity index (χ1v) is 6.36. The van der Waals surface area contributed by atoms with Crippen molar-refractivity contribution in [2.24, 2.45) is 5.34 Å². The first-order valence-electron chi connectivity index (χ1n) is 5.54. The summed E-state index contributed by atoms with van der Waals surface area (Å²) in [4.78, 5) is 31.1. The number of carbonyl (C=O) groups excluding carboxylic acids is 1. The summed E-state index contributed by atoms with van der Waals surface area (Å²) in [5.74, 6) is -0.106. The topological polar surface area (TPSA) is 77.8 Å². The third kappa shape index (κ3) is 3.33. The molecule has 0 aliphatic carbocycles. The highest BCUT2D eigenvalue weighted by Gasteiger charge is 2.15. The Bertz CT molecular complexity index is 633. The Morgan fingerprint density at radius 3 is 2.95 bits per heavy atom. The maximum absolute atomic E-state index is 11.6. The molecule has 0 unspecified atom stereocenters. The number of carbonyl (C=O) groups is 1. The lowest BCUT2D eigenvalue weighted by molar-refractivity contribution is 0.0504. The molecule has 0 saturated carbocycles. The molecule has 2 rings (SSSR count). The molecular formula is C13H10N2O4S. The monoisotopic (exact) mass is 290 g/mol. The van der Waals surface area contributed by atoms with E-state index in [1.165, 1.54) is 30.2 Å². The van der Waals surface area contributed by atoms with E-state index < -0.39 is 5.97 Å². The average Bonchev–Trinajstić information content (AvgIpc) is 2.48. The highest BCUT2D eigenvalue weighted by atomic mass is 32.2. The van der Waals surface area contributed by atoms with Gasteiger partial charge in [0.25, 0.3) is 0 Å². The first kappa shape index (κ1) is 14.0. The molecule has 0 N–H and O–H groups in total. The molecule has 0 fully saturated rings. The fraction of sp³-hybridized carbons (Fsp3) is 0.0769. The summed E-state index contributed by atoms with van der Waals surface area (Å²) in [6.07, 6.45) is 2.96. The van der Waals surface area contributed by atoms with Gasteiger partial charge in [-0.3, -0.25) is 9.82 Å². The van der Waals surface area contributed by atoms with Gasteiger partial charge in [0.05, 0.1) is 12.7 Å². The summed E-state index contributed by atoms with van der Waals surface area (Å²) in [5.41, 5.74) is 0.229. The van der Waals surface area contributed by atoms with E-state index in [-0.39, 0.29) is 5.56 Å². The molecule has 0 aliphatic heterocycles. The molecule has 6 nitrogen and oxygen atoms in total. The van der Waals surface area contributed by atoms with E-state index in [0.717, 1.165) is 4.90 Å². The van der Waals surface area contributed by atoms with Gasteiger partial charge in [-0.25, -0.2) is 4.79 Å². The van der Waals surface area contributed by atoms with Crippen molar-refractivity contribution in [3.63, 3.8) is 0 Å². The van der Waals surface area contributed by atoms with Gasteiger partial charge in [0, 0.05) is 22.2 Å². The van der Waals surface area contributed by atoms with Gasteiger partial charge in [0.15, 0.2) is 5.34 Å². The molecule has 0 aliphatic rings. The van der Waals surface area contributed by atoms with Gasteiger partial charge in [-0.2, -0.15) is 0 Å². The zero-order valence-electron chi connectivity index (χ0n) is 10.5. The maximum atomic E-state index is 11.6. The van der Waals surface area contributed by atoms with E-state index in [1.807, 2.05) is 24.3 Å². The van der Waals surface area contributed by atoms with Crippen molar-refractivity contribution in [3.8, 4) is 5.75 Å². The van der Waals surface area contributed by atoms with E-state index in [0.29, 0.717) is 10.6 Å². The summed E-state index contributed by atoms with van der Waals surface area (Å²) in [7, 11) is 1.58. The third-order valence-corrected chi connectivity index (χ3v) is 3.43. The zero-order valence-corrected chi connectivity index (χ0v) is 11.3. The van der Waals surface area contributed by atoms with Crippen LogP contribution >= 0.6 is 11.8 Å². The predicted molar refractivity (Wildman–Crippen MR) is 72.6 cm³/mol. The van der Waals surface area contributed by atoms with Crippen molar-refractivity contribution in [1.82, 2.24) is 4.98 Å². The van der Waals surface area contributed by atoms with Crippen molar-refractivity contribution >= 4 is 17.7 Å². The van der Waals surface area contributed by atoms with E-state index in [9.17, 15) is 9.70 Å². The highest BCUT2D eigenvalue weighted by molar-refractivity contribution is 7.99. The van der Waals surface area contributed by atoms with Crippen molar-refractivity contribution < 1.29 is 14.4 Å². The Labute approximate surface area is 119 Å². The first-order chi connectivity index (χ1) is 9.74. The second-order valence-corrected chi connectivity index (χ2v) is 4.72. The SMILES string of the molecule is COc1cccc(Sc2cnccc2C(=O)ON=O)c1. The van der Waals surface area contributed by atoms with Crippen LogP contribution in [0.4, 0.5) is 0 Å². The summed E-state index contributed by atoms with van der Waals surface area (Å²) in [6, 6.07) is 8.81. The number of pyridine rings is 1. The fourth-order valence-corrected chi connectivity index (χ4v) is 2.46. The second kappa shape index (κ2) is 6.67. The van der Waals surface area contributed by atoms with Crippen LogP contribution in [0.15, 0.2) is 57.9 Å². The van der Waals surface area contributed by atoms with Gasteiger partial charge in [0.1, 0.15) is 5.75 Å². The minimum Gasteiger partial charge on any atom is -0.497 e. The van der Waals surface area contributed by atoms with Crippen molar-refractivity contribution in [3.05, 3.63) is 53.2 Å². The van der Waals surface area contributed by atoms with Gasteiger partial charge < -0.3 is 4.74 Å². The Balaban J connectivity index is 2.28. The summed E-state index contributed by atoms with van der Waals surface area (Å²) < 4.78 is 5.13. The van der Waals surface area contributed by atoms with Crippen LogP contribution < -0.4 is 4.74 Å². The van der Waals surface area contributed by atoms with Gasteiger partial charge in [-0.05, 0) is 24.3 Å². The number of aromatic nitrogens is 1. The van der Waals surface area contributed by atoms with Crippen molar-refractivity contribution in [2.75, 3.05) is 7.11 Å². The Morgan fingerprint density at radius 1 is 1.35 bits per heavy atom. The van der Waals surface area contributed by atoms with E-state index in [1.54, 1.807) is 7.11 Å². The van der Waals surface area contributed by atoms with Gasteiger partial charge in [-0.1, -0.05) is 17.8 Å². The number of methoxy groups -OCH3 is 1. The highest BCUT2D eigenvalue weighted by Crippen LogP contribution is 2.32. The van der Waals surface area contributed by atoms with Crippen LogP contribution in [0.2, 0.25) is 0 Å². The third-order valence-electron chi connectivity index (χ3n) is 2.39. The molecule has 0 bridgehead atoms. The molecule has 1 aromatic carbocycles. The van der Waals surface area contributed by atoms with Crippen LogP contribution in [0.3, 0.4) is 0 Å². The number of ether oxygens (including phenoxy) is 1. The minimum atomic E-state index is -0.812. The number of nitrogens with zero attached hydrogens (tertiary/aromatic N) is 2. The Hall–Kier alpha value is -2.41. The van der Waals surface area contributed by atoms with Crippen LogP contribution in [0.1, 0.15) is 10.4 Å². The minimum absolute atomic E-state index is 0.229. The maximum Gasteiger partial charge on any atom is 0.370 e. The van der Waals surface area contributed by atoms with Crippen LogP contribution in [-0.2, 0) is 4.84 Å². The molecular weight excluding hydrogens is 280 g/mol. The molecule has 1 aromatic heterocycles. The lowest BCUT2D eigenvalue weighted by Crippen LogP contribution is -2.02. The van der Waals surface area contributed by atoms with Crippen LogP contribution in [0.25, 0.3) is 0 Å². The van der Waals surface area contributed by atoms with Gasteiger partial charge >= 0.3 is 5.97 Å². The molecule has 7 heteroatoms. The van der Waals surface area contributed by atoms with Crippen molar-refractivity contribution in [2.45, 2.75) is 9.79 Å². The second-order valence-electron chi connectivity index (χ2n) is 3.61. The summed E-state index contributed by atoms with van der Waals surface area (Å²) in [5, 5.41) is 2.14. The molecule has 20 heavy (non-hydrogen) atoms. The van der Waals surface area contributed by atoms with Gasteiger partial charge in [-0.15, -0.1) is 4.91 Å². The molecule has 102 valence electrons. The fourth-order valence-electron chi connectivity index (χ4n) is 1.50. The lowest BCUT2D eigenvalue weighted by atomic mass is 10.3. The lowest BCUT2D eigenvalue weighted by Gasteiger charge is -2.06. The average molecular weight is 290 g/mol. The van der Waals surface area contributed by atoms with E-state index >= 15 is 0 Å². The normalized spacial score (nSPS) is 9.85. The zero-order chi connectivity index (χ0) is 14.4. The molecule has 0 radical (unpaired) electrons. The predicted octanol–water partition coefficient (Wildman–Crippen LogP) is 3.08. The molecule has 1 heterocycles. The van der Waals surface area contributed by atoms with Crippen LogP contribution in [0, 0.1) is 4.91 Å². The van der Waals surface area contributed by atoms with E-state index in [2.05, 4.69) is 15.2 Å². The number of benzene rings is 1. The van der Waals surface area contributed by atoms with E-state index in [4.69, 9.17) is 4.74 Å². The molecule has 0 saturated heterocycles. The Kier molecular flexibility index (Phi) is 4.67. The number of hydrogen-bond acceptors (Lipinski definition) is 7. The largest absolute Gasteiger partial charge is 0.497 e. The van der Waals surface area contributed by atoms with Gasteiger partial charge in [0.2, 0.25) is 0 Å². The van der Waals surface area contributed by atoms with Crippen LogP contribution in [0.5, 0.6) is 5.75 Å². The number of rotatable bonds is 5. The van der Waals surface area contributed by atoms with Crippen molar-refractivity contribution in [1.29, 1.82) is 0 Å². The summed E-state index contributed by atoms with van der Waals surface area (Å²) in [6.45, 7) is 0. The number of hydrogen-bond donors (Lipinski definition) is 0. The molecule has 0 amide bonds. The van der Waals surface area contributed by atoms with Crippen LogP contribution in [-0.4, -0.2) is 18.1 Å². The molecule has 0 spiro atoms. The molecule has 0 atom stereocenters. The Morgan fingerprint density at radius 2 is 2.20 bits per heavy atom. The molecule has 2 aromatic rings.